The van der Waals surface area contributed by atoms with E-state index in [-0.39, 0.29) is 6.61 Å². The van der Waals surface area contributed by atoms with E-state index in [0.717, 1.165) is 12.1 Å². The fourth-order valence-corrected chi connectivity index (χ4v) is 2.46. The van der Waals surface area contributed by atoms with Gasteiger partial charge < -0.3 is 5.11 Å². The molecule has 1 unspecified atom stereocenters. The van der Waals surface area contributed by atoms with Gasteiger partial charge in [0.15, 0.2) is 0 Å². The molecule has 16 heavy (non-hydrogen) atoms. The SMILES string of the molecule is CCCCN1Cc2ccc(CO)cc2C1C. The van der Waals surface area contributed by atoms with Crippen molar-refractivity contribution in [3.05, 3.63) is 34.9 Å². The molecule has 0 aliphatic carbocycles. The molecule has 0 saturated heterocycles. The largest absolute Gasteiger partial charge is 0.392 e. The van der Waals surface area contributed by atoms with Crippen molar-refractivity contribution in [3.63, 3.8) is 0 Å². The molecule has 1 aromatic carbocycles. The molecule has 0 radical (unpaired) electrons. The van der Waals surface area contributed by atoms with Crippen LogP contribution in [0.2, 0.25) is 0 Å². The summed E-state index contributed by atoms with van der Waals surface area (Å²) in [7, 11) is 0. The minimum Gasteiger partial charge on any atom is -0.392 e. The van der Waals surface area contributed by atoms with Crippen LogP contribution < -0.4 is 0 Å². The van der Waals surface area contributed by atoms with Crippen LogP contribution in [0.25, 0.3) is 0 Å². The smallest absolute Gasteiger partial charge is 0.0681 e. The third-order valence-electron chi connectivity index (χ3n) is 3.56. The van der Waals surface area contributed by atoms with Gasteiger partial charge in [0.2, 0.25) is 0 Å². The highest BCUT2D eigenvalue weighted by atomic mass is 16.3. The van der Waals surface area contributed by atoms with Crippen LogP contribution in [0.1, 0.15) is 49.4 Å². The monoisotopic (exact) mass is 219 g/mol. The molecule has 1 atom stereocenters. The zero-order chi connectivity index (χ0) is 11.5. The lowest BCUT2D eigenvalue weighted by Gasteiger charge is -2.21. The quantitative estimate of drug-likeness (QED) is 0.841. The molecule has 1 aliphatic heterocycles. The Labute approximate surface area is 97.9 Å². The lowest BCUT2D eigenvalue weighted by molar-refractivity contribution is 0.225. The Morgan fingerprint density at radius 1 is 1.44 bits per heavy atom. The molecule has 2 rings (SSSR count). The van der Waals surface area contributed by atoms with Gasteiger partial charge >= 0.3 is 0 Å². The second-order valence-corrected chi connectivity index (χ2v) is 4.69. The minimum atomic E-state index is 0.148. The zero-order valence-electron chi connectivity index (χ0n) is 10.2. The summed E-state index contributed by atoms with van der Waals surface area (Å²) < 4.78 is 0. The molecule has 1 N–H and O–H groups in total. The number of hydrogen-bond acceptors (Lipinski definition) is 2. The molecule has 0 saturated carbocycles. The Bertz CT molecular complexity index is 362. The Morgan fingerprint density at radius 3 is 2.94 bits per heavy atom. The average molecular weight is 219 g/mol. The van der Waals surface area contributed by atoms with E-state index in [9.17, 15) is 0 Å². The van der Waals surface area contributed by atoms with Gasteiger partial charge in [0.25, 0.3) is 0 Å². The van der Waals surface area contributed by atoms with E-state index < -0.39 is 0 Å². The Hall–Kier alpha value is -0.860. The van der Waals surface area contributed by atoms with E-state index in [0.29, 0.717) is 6.04 Å². The molecule has 0 fully saturated rings. The molecule has 2 nitrogen and oxygen atoms in total. The molecule has 0 amide bonds. The van der Waals surface area contributed by atoms with Crippen molar-refractivity contribution in [1.29, 1.82) is 0 Å². The highest BCUT2D eigenvalue weighted by Crippen LogP contribution is 2.33. The van der Waals surface area contributed by atoms with Crippen LogP contribution in [-0.4, -0.2) is 16.6 Å². The van der Waals surface area contributed by atoms with E-state index in [4.69, 9.17) is 5.11 Å². The predicted molar refractivity (Wildman–Crippen MR) is 66.1 cm³/mol. The summed E-state index contributed by atoms with van der Waals surface area (Å²) >= 11 is 0. The van der Waals surface area contributed by atoms with Gasteiger partial charge in [-0.25, -0.2) is 0 Å². The average Bonchev–Trinajstić information content (AvgIpc) is 2.63. The van der Waals surface area contributed by atoms with Gasteiger partial charge in [-0.1, -0.05) is 31.5 Å². The summed E-state index contributed by atoms with van der Waals surface area (Å²) in [5, 5.41) is 9.15. The Kier molecular flexibility index (Phi) is 3.62. The summed E-state index contributed by atoms with van der Waals surface area (Å²) in [6.07, 6.45) is 2.52. The number of fused-ring (bicyclic) bond motifs is 1. The number of aliphatic hydroxyl groups excluding tert-OH is 1. The molecule has 1 heterocycles. The summed E-state index contributed by atoms with van der Waals surface area (Å²) in [4.78, 5) is 2.52. The van der Waals surface area contributed by atoms with Gasteiger partial charge in [0.1, 0.15) is 0 Å². The molecule has 0 aromatic heterocycles. The molecule has 0 spiro atoms. The van der Waals surface area contributed by atoms with E-state index in [1.54, 1.807) is 0 Å². The minimum absolute atomic E-state index is 0.148. The standard InChI is InChI=1S/C14H21NO/c1-3-4-7-15-9-13-6-5-12(10-16)8-14(13)11(15)2/h5-6,8,11,16H,3-4,7,9-10H2,1-2H3. The normalized spacial score (nSPS) is 20.1. The van der Waals surface area contributed by atoms with E-state index >= 15 is 0 Å². The number of hydrogen-bond donors (Lipinski definition) is 1. The Morgan fingerprint density at radius 2 is 2.25 bits per heavy atom. The predicted octanol–water partition coefficient (Wildman–Crippen LogP) is 2.86. The van der Waals surface area contributed by atoms with Crippen molar-refractivity contribution < 1.29 is 5.11 Å². The maximum absolute atomic E-state index is 9.15. The lowest BCUT2D eigenvalue weighted by Crippen LogP contribution is -2.21. The van der Waals surface area contributed by atoms with Gasteiger partial charge in [0.05, 0.1) is 6.61 Å². The molecular formula is C14H21NO. The van der Waals surface area contributed by atoms with Crippen molar-refractivity contribution in [3.8, 4) is 0 Å². The molecular weight excluding hydrogens is 198 g/mol. The van der Waals surface area contributed by atoms with Gasteiger partial charge in [-0.15, -0.1) is 0 Å². The van der Waals surface area contributed by atoms with Crippen molar-refractivity contribution in [2.75, 3.05) is 6.54 Å². The number of rotatable bonds is 4. The van der Waals surface area contributed by atoms with Crippen LogP contribution in [0.5, 0.6) is 0 Å². The van der Waals surface area contributed by atoms with Crippen LogP contribution >= 0.6 is 0 Å². The highest BCUT2D eigenvalue weighted by Gasteiger charge is 2.25. The second-order valence-electron chi connectivity index (χ2n) is 4.69. The first-order chi connectivity index (χ1) is 7.76. The second kappa shape index (κ2) is 4.98. The fourth-order valence-electron chi connectivity index (χ4n) is 2.46. The van der Waals surface area contributed by atoms with Crippen molar-refractivity contribution in [2.45, 2.75) is 45.9 Å². The van der Waals surface area contributed by atoms with Crippen LogP contribution in [0.4, 0.5) is 0 Å². The van der Waals surface area contributed by atoms with E-state index in [2.05, 4.69) is 30.9 Å². The fraction of sp³-hybridized carbons (Fsp3) is 0.571. The van der Waals surface area contributed by atoms with Gasteiger partial charge in [-0.2, -0.15) is 0 Å². The van der Waals surface area contributed by atoms with Crippen LogP contribution in [0.3, 0.4) is 0 Å². The maximum Gasteiger partial charge on any atom is 0.0681 e. The van der Waals surface area contributed by atoms with Crippen LogP contribution in [0, 0.1) is 0 Å². The molecule has 0 bridgehead atoms. The van der Waals surface area contributed by atoms with Crippen molar-refractivity contribution in [2.24, 2.45) is 0 Å². The van der Waals surface area contributed by atoms with Crippen LogP contribution in [-0.2, 0) is 13.2 Å². The first-order valence-electron chi connectivity index (χ1n) is 6.23. The van der Waals surface area contributed by atoms with Crippen molar-refractivity contribution in [1.82, 2.24) is 4.90 Å². The molecule has 2 heteroatoms. The maximum atomic E-state index is 9.15. The number of nitrogens with zero attached hydrogens (tertiary/aromatic N) is 1. The third kappa shape index (κ3) is 2.13. The number of aliphatic hydroxyl groups is 1. The summed E-state index contributed by atoms with van der Waals surface area (Å²) in [5.74, 6) is 0. The lowest BCUT2D eigenvalue weighted by atomic mass is 10.0. The Balaban J connectivity index is 2.14. The third-order valence-corrected chi connectivity index (χ3v) is 3.56. The topological polar surface area (TPSA) is 23.5 Å². The summed E-state index contributed by atoms with van der Waals surface area (Å²) in [5.41, 5.74) is 3.87. The van der Waals surface area contributed by atoms with Gasteiger partial charge in [0, 0.05) is 12.6 Å². The molecule has 1 aromatic rings. The number of unbranched alkanes of at least 4 members (excludes halogenated alkanes) is 1. The highest BCUT2D eigenvalue weighted by molar-refractivity contribution is 5.37. The molecule has 88 valence electrons. The van der Waals surface area contributed by atoms with Gasteiger partial charge in [-0.3, -0.25) is 4.90 Å². The summed E-state index contributed by atoms with van der Waals surface area (Å²) in [6.45, 7) is 6.90. The zero-order valence-corrected chi connectivity index (χ0v) is 10.2. The first kappa shape index (κ1) is 11.6. The van der Waals surface area contributed by atoms with Crippen molar-refractivity contribution >= 4 is 0 Å². The van der Waals surface area contributed by atoms with Crippen LogP contribution in [0.15, 0.2) is 18.2 Å². The molecule has 1 aliphatic rings. The van der Waals surface area contributed by atoms with E-state index in [1.807, 2.05) is 6.07 Å². The first-order valence-corrected chi connectivity index (χ1v) is 6.23. The number of benzene rings is 1. The van der Waals surface area contributed by atoms with E-state index in [1.165, 1.54) is 30.5 Å². The van der Waals surface area contributed by atoms with Gasteiger partial charge in [-0.05, 0) is 36.6 Å². The summed E-state index contributed by atoms with van der Waals surface area (Å²) in [6, 6.07) is 6.87.